The molecule has 0 radical (unpaired) electrons. The minimum atomic E-state index is -0.543. The van der Waals surface area contributed by atoms with Crippen molar-refractivity contribution in [1.82, 2.24) is 4.98 Å². The smallest absolute Gasteiger partial charge is 0.311 e. The van der Waals surface area contributed by atoms with Crippen LogP contribution in [0, 0.1) is 10.1 Å². The molecule has 0 aromatic carbocycles. The Labute approximate surface area is 144 Å². The fourth-order valence-corrected chi connectivity index (χ4v) is 4.03. The van der Waals surface area contributed by atoms with E-state index in [0.717, 1.165) is 37.1 Å². The van der Waals surface area contributed by atoms with E-state index in [2.05, 4.69) is 4.98 Å². The maximum Gasteiger partial charge on any atom is 0.311 e. The molecule has 2 aromatic rings. The third-order valence-electron chi connectivity index (χ3n) is 4.48. The summed E-state index contributed by atoms with van der Waals surface area (Å²) in [5.41, 5.74) is 0.0370. The van der Waals surface area contributed by atoms with Gasteiger partial charge in [0.15, 0.2) is 0 Å². The summed E-state index contributed by atoms with van der Waals surface area (Å²) in [7, 11) is 0. The summed E-state index contributed by atoms with van der Waals surface area (Å²) >= 11 is 1.54. The van der Waals surface area contributed by atoms with Crippen LogP contribution in [0.3, 0.4) is 0 Å². The molecule has 2 atom stereocenters. The minimum absolute atomic E-state index is 0.0370. The molecule has 1 N–H and O–H groups in total. The van der Waals surface area contributed by atoms with Crippen molar-refractivity contribution in [3.8, 4) is 0 Å². The van der Waals surface area contributed by atoms with E-state index < -0.39 is 6.10 Å². The number of aliphatic hydroxyl groups is 1. The molecule has 0 spiro atoms. The molecule has 0 unspecified atom stereocenters. The van der Waals surface area contributed by atoms with E-state index in [1.54, 1.807) is 12.3 Å². The third kappa shape index (κ3) is 3.73. The average Bonchev–Trinajstić information content (AvgIpc) is 3.03. The Morgan fingerprint density at radius 1 is 1.38 bits per heavy atom. The van der Waals surface area contributed by atoms with Crippen LogP contribution in [0.15, 0.2) is 35.8 Å². The van der Waals surface area contributed by atoms with Gasteiger partial charge in [-0.05, 0) is 36.8 Å². The molecule has 0 bridgehead atoms. The number of nitrogens with zero attached hydrogens (tertiary/aromatic N) is 3. The standard InChI is InChI=1S/C17H21N3O3S/c21-15(16-8-5-11-24-16)12-13-6-2-1-3-10-19(13)17-14(20(22)23)7-4-9-18-17/h4-5,7-9,11,13,15,21H,1-3,6,10,12H2/t13-,15-/m0/s1. The Kier molecular flexibility index (Phi) is 5.42. The van der Waals surface area contributed by atoms with Gasteiger partial charge in [-0.2, -0.15) is 0 Å². The van der Waals surface area contributed by atoms with E-state index >= 15 is 0 Å². The van der Waals surface area contributed by atoms with Crippen LogP contribution in [-0.4, -0.2) is 27.6 Å². The molecule has 6 nitrogen and oxygen atoms in total. The third-order valence-corrected chi connectivity index (χ3v) is 5.45. The lowest BCUT2D eigenvalue weighted by molar-refractivity contribution is -0.384. The van der Waals surface area contributed by atoms with Crippen LogP contribution >= 0.6 is 11.3 Å². The molecule has 1 aliphatic rings. The summed E-state index contributed by atoms with van der Waals surface area (Å²) in [6.45, 7) is 0.736. The van der Waals surface area contributed by atoms with Gasteiger partial charge in [0.1, 0.15) is 0 Å². The van der Waals surface area contributed by atoms with Gasteiger partial charge in [-0.1, -0.05) is 18.9 Å². The molecule has 1 saturated heterocycles. The monoisotopic (exact) mass is 347 g/mol. The largest absolute Gasteiger partial charge is 0.387 e. The number of aromatic nitrogens is 1. The summed E-state index contributed by atoms with van der Waals surface area (Å²) in [5, 5.41) is 23.8. The molecule has 24 heavy (non-hydrogen) atoms. The van der Waals surface area contributed by atoms with Crippen molar-refractivity contribution >= 4 is 22.8 Å². The van der Waals surface area contributed by atoms with Crippen molar-refractivity contribution in [2.75, 3.05) is 11.4 Å². The molecule has 7 heteroatoms. The highest BCUT2D eigenvalue weighted by atomic mass is 32.1. The van der Waals surface area contributed by atoms with E-state index in [0.29, 0.717) is 12.2 Å². The van der Waals surface area contributed by atoms with E-state index in [9.17, 15) is 15.2 Å². The van der Waals surface area contributed by atoms with Crippen molar-refractivity contribution in [3.63, 3.8) is 0 Å². The van der Waals surface area contributed by atoms with Gasteiger partial charge in [0.2, 0.25) is 5.82 Å². The van der Waals surface area contributed by atoms with E-state index in [1.807, 2.05) is 22.4 Å². The highest BCUT2D eigenvalue weighted by Gasteiger charge is 2.30. The van der Waals surface area contributed by atoms with Gasteiger partial charge in [0.05, 0.1) is 11.0 Å². The van der Waals surface area contributed by atoms with Crippen LogP contribution in [-0.2, 0) is 0 Å². The van der Waals surface area contributed by atoms with Gasteiger partial charge in [-0.25, -0.2) is 4.98 Å². The molecule has 1 fully saturated rings. The fourth-order valence-electron chi connectivity index (χ4n) is 3.31. The molecule has 0 aliphatic carbocycles. The predicted octanol–water partition coefficient (Wildman–Crippen LogP) is 3.92. The first-order valence-electron chi connectivity index (χ1n) is 8.24. The van der Waals surface area contributed by atoms with Crippen molar-refractivity contribution in [1.29, 1.82) is 0 Å². The van der Waals surface area contributed by atoms with Crippen LogP contribution in [0.2, 0.25) is 0 Å². The van der Waals surface area contributed by atoms with Gasteiger partial charge in [-0.3, -0.25) is 10.1 Å². The van der Waals surface area contributed by atoms with Gasteiger partial charge >= 0.3 is 5.69 Å². The lowest BCUT2D eigenvalue weighted by Crippen LogP contribution is -2.37. The normalized spacial score (nSPS) is 19.7. The van der Waals surface area contributed by atoms with Crippen LogP contribution in [0.1, 0.15) is 43.1 Å². The summed E-state index contributed by atoms with van der Waals surface area (Å²) in [4.78, 5) is 18.2. The zero-order valence-corrected chi connectivity index (χ0v) is 14.2. The average molecular weight is 347 g/mol. The Hall–Kier alpha value is -1.99. The van der Waals surface area contributed by atoms with Crippen molar-refractivity contribution in [3.05, 3.63) is 50.8 Å². The Balaban J connectivity index is 1.87. The topological polar surface area (TPSA) is 79.5 Å². The van der Waals surface area contributed by atoms with Crippen LogP contribution in [0.4, 0.5) is 11.5 Å². The van der Waals surface area contributed by atoms with Gasteiger partial charge in [0.25, 0.3) is 0 Å². The van der Waals surface area contributed by atoms with E-state index in [-0.39, 0.29) is 16.7 Å². The number of hydrogen-bond acceptors (Lipinski definition) is 6. The second-order valence-corrected chi connectivity index (χ2v) is 7.05. The van der Waals surface area contributed by atoms with Crippen molar-refractivity contribution in [2.45, 2.75) is 44.2 Å². The number of thiophene rings is 1. The van der Waals surface area contributed by atoms with Crippen LogP contribution in [0.25, 0.3) is 0 Å². The molecule has 1 aliphatic heterocycles. The zero-order chi connectivity index (χ0) is 16.9. The number of hydrogen-bond donors (Lipinski definition) is 1. The molecule has 3 heterocycles. The Morgan fingerprint density at radius 3 is 3.00 bits per heavy atom. The van der Waals surface area contributed by atoms with Gasteiger partial charge in [-0.15, -0.1) is 11.3 Å². The van der Waals surface area contributed by atoms with Crippen molar-refractivity contribution in [2.24, 2.45) is 0 Å². The Bertz CT molecular complexity index is 677. The SMILES string of the molecule is O=[N+]([O-])c1cccnc1N1CCCCC[C@H]1C[C@H](O)c1cccs1. The minimum Gasteiger partial charge on any atom is -0.387 e. The second kappa shape index (κ2) is 7.72. The molecule has 0 amide bonds. The summed E-state index contributed by atoms with van der Waals surface area (Å²) in [5.74, 6) is 0.424. The highest BCUT2D eigenvalue weighted by Crippen LogP contribution is 2.34. The summed E-state index contributed by atoms with van der Waals surface area (Å²) in [6.07, 6.45) is 5.68. The van der Waals surface area contributed by atoms with Crippen molar-refractivity contribution < 1.29 is 10.0 Å². The first-order valence-corrected chi connectivity index (χ1v) is 9.12. The van der Waals surface area contributed by atoms with E-state index in [4.69, 9.17) is 0 Å². The Morgan fingerprint density at radius 2 is 2.25 bits per heavy atom. The number of anilines is 1. The highest BCUT2D eigenvalue weighted by molar-refractivity contribution is 7.10. The fraction of sp³-hybridized carbons (Fsp3) is 0.471. The molecule has 2 aromatic heterocycles. The first-order chi connectivity index (χ1) is 11.7. The lowest BCUT2D eigenvalue weighted by Gasteiger charge is -2.32. The molecule has 0 saturated carbocycles. The lowest BCUT2D eigenvalue weighted by atomic mass is 10.0. The maximum atomic E-state index is 11.4. The molecule has 128 valence electrons. The van der Waals surface area contributed by atoms with E-state index in [1.165, 1.54) is 17.4 Å². The number of nitro groups is 1. The first kappa shape index (κ1) is 16.9. The maximum absolute atomic E-state index is 11.4. The summed E-state index contributed by atoms with van der Waals surface area (Å²) in [6, 6.07) is 7.00. The van der Waals surface area contributed by atoms with Crippen LogP contribution in [0.5, 0.6) is 0 Å². The molecular weight excluding hydrogens is 326 g/mol. The summed E-state index contributed by atoms with van der Waals surface area (Å²) < 4.78 is 0. The zero-order valence-electron chi connectivity index (χ0n) is 13.4. The predicted molar refractivity (Wildman–Crippen MR) is 94.4 cm³/mol. The number of rotatable bonds is 5. The van der Waals surface area contributed by atoms with Gasteiger partial charge < -0.3 is 10.0 Å². The second-order valence-electron chi connectivity index (χ2n) is 6.07. The number of pyridine rings is 1. The quantitative estimate of drug-likeness (QED) is 0.655. The molecule has 3 rings (SSSR count). The number of aliphatic hydroxyl groups excluding tert-OH is 1. The molecular formula is C17H21N3O3S. The van der Waals surface area contributed by atoms with Crippen LogP contribution < -0.4 is 4.90 Å². The van der Waals surface area contributed by atoms with Gasteiger partial charge in [0, 0.05) is 29.7 Å².